The second-order valence-electron chi connectivity index (χ2n) is 4.89. The fourth-order valence-electron chi connectivity index (χ4n) is 2.25. The number of benzene rings is 1. The summed E-state index contributed by atoms with van der Waals surface area (Å²) < 4.78 is 10.2. The minimum absolute atomic E-state index is 0.0797. The fraction of sp³-hybridized carbons (Fsp3) is 0.533. The maximum Gasteiger partial charge on any atom is 0.317 e. The Morgan fingerprint density at radius 3 is 2.32 bits per heavy atom. The summed E-state index contributed by atoms with van der Waals surface area (Å²) in [5.41, 5.74) is 7.06. The summed E-state index contributed by atoms with van der Waals surface area (Å²) in [7, 11) is 3.01. The average molecular weight is 265 g/mol. The van der Waals surface area contributed by atoms with E-state index in [4.69, 9.17) is 15.2 Å². The quantitative estimate of drug-likeness (QED) is 0.797. The van der Waals surface area contributed by atoms with Gasteiger partial charge in [-0.15, -0.1) is 0 Å². The maximum atomic E-state index is 12.2. The number of aryl methyl sites for hydroxylation is 1. The van der Waals surface area contributed by atoms with Crippen LogP contribution in [0.25, 0.3) is 0 Å². The highest BCUT2D eigenvalue weighted by Gasteiger charge is 2.41. The zero-order chi connectivity index (χ0) is 14.5. The summed E-state index contributed by atoms with van der Waals surface area (Å²) in [6.07, 6.45) is 0.416. The van der Waals surface area contributed by atoms with Crippen molar-refractivity contribution in [2.45, 2.75) is 31.8 Å². The highest BCUT2D eigenvalue weighted by Crippen LogP contribution is 2.31. The summed E-state index contributed by atoms with van der Waals surface area (Å²) in [5.74, 6) is -0.317. The lowest BCUT2D eigenvalue weighted by Crippen LogP contribution is -2.46. The number of rotatable bonds is 6. The zero-order valence-corrected chi connectivity index (χ0v) is 12.1. The maximum absolute atomic E-state index is 12.2. The molecule has 0 aliphatic carbocycles. The molecule has 4 nitrogen and oxygen atoms in total. The second-order valence-corrected chi connectivity index (χ2v) is 4.89. The topological polar surface area (TPSA) is 61.5 Å². The van der Waals surface area contributed by atoms with Gasteiger partial charge < -0.3 is 15.2 Å². The SMILES string of the molecule is COC(=O)C(CN)(CC(C)OC)c1ccc(C)cc1. The Labute approximate surface area is 114 Å². The molecular formula is C15H23NO3. The average Bonchev–Trinajstić information content (AvgIpc) is 2.44. The van der Waals surface area contributed by atoms with Crippen molar-refractivity contribution in [3.63, 3.8) is 0 Å². The number of ether oxygens (including phenoxy) is 2. The molecule has 1 aromatic carbocycles. The Kier molecular flexibility index (Phi) is 5.51. The van der Waals surface area contributed by atoms with E-state index in [1.54, 1.807) is 7.11 Å². The standard InChI is InChI=1S/C15H23NO3/c1-11-5-7-13(8-6-11)15(10-16,14(17)19-4)9-12(2)18-3/h5-8,12H,9-10,16H2,1-4H3. The predicted molar refractivity (Wildman–Crippen MR) is 75.0 cm³/mol. The Hall–Kier alpha value is -1.39. The van der Waals surface area contributed by atoms with Crippen LogP contribution >= 0.6 is 0 Å². The molecule has 2 unspecified atom stereocenters. The van der Waals surface area contributed by atoms with Gasteiger partial charge in [0.2, 0.25) is 0 Å². The Morgan fingerprint density at radius 1 is 1.32 bits per heavy atom. The number of esters is 1. The highest BCUT2D eigenvalue weighted by atomic mass is 16.5. The molecule has 0 bridgehead atoms. The van der Waals surface area contributed by atoms with Crippen molar-refractivity contribution in [2.24, 2.45) is 5.73 Å². The van der Waals surface area contributed by atoms with Gasteiger partial charge >= 0.3 is 5.97 Å². The molecule has 0 saturated carbocycles. The van der Waals surface area contributed by atoms with Crippen LogP contribution in [0.5, 0.6) is 0 Å². The first-order valence-electron chi connectivity index (χ1n) is 6.38. The van der Waals surface area contributed by atoms with Gasteiger partial charge in [0, 0.05) is 13.7 Å². The normalized spacial score (nSPS) is 15.6. The van der Waals surface area contributed by atoms with Gasteiger partial charge in [-0.3, -0.25) is 4.79 Å². The third-order valence-corrected chi connectivity index (χ3v) is 3.57. The number of nitrogens with two attached hydrogens (primary N) is 1. The van der Waals surface area contributed by atoms with Crippen LogP contribution in [0, 0.1) is 6.92 Å². The van der Waals surface area contributed by atoms with Crippen LogP contribution in [-0.4, -0.2) is 32.8 Å². The minimum Gasteiger partial charge on any atom is -0.468 e. The largest absolute Gasteiger partial charge is 0.468 e. The number of hydrogen-bond donors (Lipinski definition) is 1. The number of carbonyl (C=O) groups is 1. The predicted octanol–water partition coefficient (Wildman–Crippen LogP) is 1.79. The van der Waals surface area contributed by atoms with E-state index in [-0.39, 0.29) is 18.6 Å². The number of methoxy groups -OCH3 is 2. The molecule has 0 fully saturated rings. The van der Waals surface area contributed by atoms with E-state index in [9.17, 15) is 4.79 Å². The smallest absolute Gasteiger partial charge is 0.317 e. The van der Waals surface area contributed by atoms with Crippen molar-refractivity contribution in [3.05, 3.63) is 35.4 Å². The van der Waals surface area contributed by atoms with Crippen LogP contribution in [0.1, 0.15) is 24.5 Å². The molecule has 19 heavy (non-hydrogen) atoms. The Bertz CT molecular complexity index is 416. The minimum atomic E-state index is -0.849. The summed E-state index contributed by atoms with van der Waals surface area (Å²) >= 11 is 0. The van der Waals surface area contributed by atoms with Crippen molar-refractivity contribution < 1.29 is 14.3 Å². The van der Waals surface area contributed by atoms with E-state index < -0.39 is 5.41 Å². The molecule has 0 amide bonds. The van der Waals surface area contributed by atoms with Crippen LogP contribution in [-0.2, 0) is 19.7 Å². The van der Waals surface area contributed by atoms with E-state index in [1.165, 1.54) is 7.11 Å². The van der Waals surface area contributed by atoms with E-state index in [1.807, 2.05) is 38.1 Å². The molecule has 4 heteroatoms. The lowest BCUT2D eigenvalue weighted by atomic mass is 9.76. The van der Waals surface area contributed by atoms with Gasteiger partial charge in [-0.1, -0.05) is 29.8 Å². The molecule has 2 atom stereocenters. The summed E-state index contributed by atoms with van der Waals surface area (Å²) in [4.78, 5) is 12.2. The fourth-order valence-corrected chi connectivity index (χ4v) is 2.25. The van der Waals surface area contributed by atoms with Gasteiger partial charge in [0.05, 0.1) is 13.2 Å². The van der Waals surface area contributed by atoms with Crippen LogP contribution in [0.15, 0.2) is 24.3 Å². The van der Waals surface area contributed by atoms with E-state index in [2.05, 4.69) is 0 Å². The summed E-state index contributed by atoms with van der Waals surface area (Å²) in [5, 5.41) is 0. The molecule has 0 heterocycles. The molecule has 0 aliphatic heterocycles. The molecule has 0 aliphatic rings. The van der Waals surface area contributed by atoms with Crippen LogP contribution in [0.4, 0.5) is 0 Å². The van der Waals surface area contributed by atoms with Crippen molar-refractivity contribution in [2.75, 3.05) is 20.8 Å². The van der Waals surface area contributed by atoms with Crippen LogP contribution in [0.3, 0.4) is 0 Å². The first-order chi connectivity index (χ1) is 9.00. The molecule has 0 saturated heterocycles. The van der Waals surface area contributed by atoms with E-state index >= 15 is 0 Å². The Balaban J connectivity index is 3.23. The molecule has 1 aromatic rings. The second kappa shape index (κ2) is 6.68. The Morgan fingerprint density at radius 2 is 1.89 bits per heavy atom. The van der Waals surface area contributed by atoms with Gasteiger partial charge in [0.15, 0.2) is 0 Å². The lowest BCUT2D eigenvalue weighted by Gasteiger charge is -2.32. The zero-order valence-electron chi connectivity index (χ0n) is 12.1. The van der Waals surface area contributed by atoms with Gasteiger partial charge in [0.1, 0.15) is 5.41 Å². The van der Waals surface area contributed by atoms with Gasteiger partial charge in [-0.2, -0.15) is 0 Å². The van der Waals surface area contributed by atoms with Crippen LogP contribution < -0.4 is 5.73 Å². The molecular weight excluding hydrogens is 242 g/mol. The molecule has 0 radical (unpaired) electrons. The lowest BCUT2D eigenvalue weighted by molar-refractivity contribution is -0.148. The van der Waals surface area contributed by atoms with E-state index in [0.717, 1.165) is 11.1 Å². The molecule has 2 N–H and O–H groups in total. The van der Waals surface area contributed by atoms with Gasteiger partial charge in [0.25, 0.3) is 0 Å². The molecule has 0 aromatic heterocycles. The van der Waals surface area contributed by atoms with Crippen LogP contribution in [0.2, 0.25) is 0 Å². The van der Waals surface area contributed by atoms with Crippen molar-refractivity contribution in [1.29, 1.82) is 0 Å². The molecule has 0 spiro atoms. The molecule has 1 rings (SSSR count). The number of carbonyl (C=O) groups excluding carboxylic acids is 1. The van der Waals surface area contributed by atoms with Crippen molar-refractivity contribution in [1.82, 2.24) is 0 Å². The van der Waals surface area contributed by atoms with Crippen molar-refractivity contribution >= 4 is 5.97 Å². The van der Waals surface area contributed by atoms with E-state index in [0.29, 0.717) is 6.42 Å². The summed E-state index contributed by atoms with van der Waals surface area (Å²) in [6.45, 7) is 4.11. The third-order valence-electron chi connectivity index (χ3n) is 3.57. The number of hydrogen-bond acceptors (Lipinski definition) is 4. The highest BCUT2D eigenvalue weighted by molar-refractivity contribution is 5.83. The summed E-state index contributed by atoms with van der Waals surface area (Å²) in [6, 6.07) is 7.81. The first-order valence-corrected chi connectivity index (χ1v) is 6.38. The molecule has 106 valence electrons. The van der Waals surface area contributed by atoms with Gasteiger partial charge in [-0.05, 0) is 25.8 Å². The first kappa shape index (κ1) is 15.7. The third kappa shape index (κ3) is 3.33. The van der Waals surface area contributed by atoms with Gasteiger partial charge in [-0.25, -0.2) is 0 Å². The monoisotopic (exact) mass is 265 g/mol. The van der Waals surface area contributed by atoms with Crippen molar-refractivity contribution in [3.8, 4) is 0 Å².